The molecule has 2 aliphatic heterocycles. The van der Waals surface area contributed by atoms with Crippen molar-refractivity contribution in [1.82, 2.24) is 25.0 Å². The zero-order valence-electron chi connectivity index (χ0n) is 13.0. The number of amides is 1. The zero-order chi connectivity index (χ0) is 14.8. The lowest BCUT2D eigenvalue weighted by atomic mass is 9.94. The van der Waals surface area contributed by atoms with Crippen LogP contribution in [0.25, 0.3) is 0 Å². The van der Waals surface area contributed by atoms with Crippen molar-refractivity contribution in [2.24, 2.45) is 5.92 Å². The van der Waals surface area contributed by atoms with Gasteiger partial charge in [-0.05, 0) is 45.2 Å². The number of aromatic nitrogens is 3. The van der Waals surface area contributed by atoms with Crippen molar-refractivity contribution < 1.29 is 4.79 Å². The maximum Gasteiger partial charge on any atom is 0.245 e. The second kappa shape index (κ2) is 6.13. The van der Waals surface area contributed by atoms with Crippen molar-refractivity contribution in [2.75, 3.05) is 19.6 Å². The van der Waals surface area contributed by atoms with Gasteiger partial charge in [0.15, 0.2) is 5.82 Å². The molecule has 0 bridgehead atoms. The summed E-state index contributed by atoms with van der Waals surface area (Å²) < 4.78 is 2.08. The van der Waals surface area contributed by atoms with Crippen LogP contribution in [0.4, 0.5) is 0 Å². The molecule has 1 fully saturated rings. The molecule has 2 aliphatic rings. The van der Waals surface area contributed by atoms with Gasteiger partial charge >= 0.3 is 0 Å². The van der Waals surface area contributed by atoms with Crippen LogP contribution in [0.3, 0.4) is 0 Å². The molecule has 6 nitrogen and oxygen atoms in total. The lowest BCUT2D eigenvalue weighted by Crippen LogP contribution is -2.42. The molecule has 0 unspecified atom stereocenters. The summed E-state index contributed by atoms with van der Waals surface area (Å²) in [5, 5.41) is 12.1. The van der Waals surface area contributed by atoms with E-state index in [-0.39, 0.29) is 11.9 Å². The van der Waals surface area contributed by atoms with Crippen LogP contribution in [-0.4, -0.2) is 45.2 Å². The lowest BCUT2D eigenvalue weighted by Gasteiger charge is -2.32. The number of piperidine rings is 1. The second-order valence-corrected chi connectivity index (χ2v) is 6.24. The van der Waals surface area contributed by atoms with Gasteiger partial charge in [-0.15, -0.1) is 10.2 Å². The van der Waals surface area contributed by atoms with Gasteiger partial charge in [-0.2, -0.15) is 0 Å². The molecule has 1 aromatic heterocycles. The first-order chi connectivity index (χ1) is 10.2. The van der Waals surface area contributed by atoms with Crippen LogP contribution in [0.5, 0.6) is 0 Å². The van der Waals surface area contributed by atoms with Crippen LogP contribution >= 0.6 is 0 Å². The van der Waals surface area contributed by atoms with Crippen molar-refractivity contribution in [3.63, 3.8) is 0 Å². The summed E-state index contributed by atoms with van der Waals surface area (Å²) in [4.78, 5) is 14.4. The number of hydrogen-bond acceptors (Lipinski definition) is 4. The summed E-state index contributed by atoms with van der Waals surface area (Å²) in [7, 11) is 0. The van der Waals surface area contributed by atoms with E-state index in [0.29, 0.717) is 12.5 Å². The number of fused-ring (bicyclic) bond motifs is 1. The Labute approximate surface area is 125 Å². The highest BCUT2D eigenvalue weighted by Gasteiger charge is 2.33. The minimum Gasteiger partial charge on any atom is -0.333 e. The fourth-order valence-electron chi connectivity index (χ4n) is 3.48. The van der Waals surface area contributed by atoms with Crippen LogP contribution in [0.2, 0.25) is 0 Å². The van der Waals surface area contributed by atoms with Crippen molar-refractivity contribution in [2.45, 2.75) is 52.1 Å². The molecule has 0 aliphatic carbocycles. The molecule has 116 valence electrons. The van der Waals surface area contributed by atoms with Gasteiger partial charge in [0.1, 0.15) is 11.9 Å². The Morgan fingerprint density at radius 1 is 1.29 bits per heavy atom. The van der Waals surface area contributed by atoms with Gasteiger partial charge in [0.2, 0.25) is 5.91 Å². The smallest absolute Gasteiger partial charge is 0.245 e. The molecule has 1 amide bonds. The minimum absolute atomic E-state index is 0.160. The standard InChI is InChI=1S/C15H25N5O/c1-3-8-19-10-14-18-17-13(20(14)11(2)15(19)21)9-12-4-6-16-7-5-12/h11-12,16H,3-10H2,1-2H3/t11-/m0/s1. The Balaban J connectivity index is 1.78. The van der Waals surface area contributed by atoms with Gasteiger partial charge in [-0.3, -0.25) is 4.79 Å². The van der Waals surface area contributed by atoms with E-state index in [1.165, 1.54) is 12.8 Å². The molecule has 6 heteroatoms. The topological polar surface area (TPSA) is 63.1 Å². The first kappa shape index (κ1) is 14.5. The van der Waals surface area contributed by atoms with Crippen molar-refractivity contribution >= 4 is 5.91 Å². The van der Waals surface area contributed by atoms with E-state index < -0.39 is 0 Å². The van der Waals surface area contributed by atoms with Gasteiger partial charge in [0.05, 0.1) is 6.54 Å². The molecule has 0 radical (unpaired) electrons. The van der Waals surface area contributed by atoms with E-state index in [0.717, 1.165) is 44.1 Å². The highest BCUT2D eigenvalue weighted by molar-refractivity contribution is 5.81. The van der Waals surface area contributed by atoms with E-state index >= 15 is 0 Å². The third kappa shape index (κ3) is 2.81. The van der Waals surface area contributed by atoms with Crippen LogP contribution in [0, 0.1) is 5.92 Å². The number of hydrogen-bond donors (Lipinski definition) is 1. The van der Waals surface area contributed by atoms with Gasteiger partial charge in [0, 0.05) is 13.0 Å². The molecular formula is C15H25N5O. The molecule has 1 saturated heterocycles. The van der Waals surface area contributed by atoms with Crippen molar-refractivity contribution in [1.29, 1.82) is 0 Å². The monoisotopic (exact) mass is 291 g/mol. The summed E-state index contributed by atoms with van der Waals surface area (Å²) in [6.07, 6.45) is 4.30. The largest absolute Gasteiger partial charge is 0.333 e. The molecular weight excluding hydrogens is 266 g/mol. The lowest BCUT2D eigenvalue weighted by molar-refractivity contribution is -0.137. The summed E-state index contributed by atoms with van der Waals surface area (Å²) in [6, 6.07) is -0.160. The summed E-state index contributed by atoms with van der Waals surface area (Å²) in [5.41, 5.74) is 0. The molecule has 3 rings (SSSR count). The second-order valence-electron chi connectivity index (χ2n) is 6.24. The average molecular weight is 291 g/mol. The third-order valence-corrected chi connectivity index (χ3v) is 4.65. The zero-order valence-corrected chi connectivity index (χ0v) is 13.0. The minimum atomic E-state index is -0.160. The van der Waals surface area contributed by atoms with E-state index in [1.54, 1.807) is 0 Å². The molecule has 0 spiro atoms. The Morgan fingerprint density at radius 2 is 2.05 bits per heavy atom. The Kier molecular flexibility index (Phi) is 4.24. The fourth-order valence-corrected chi connectivity index (χ4v) is 3.48. The van der Waals surface area contributed by atoms with Crippen LogP contribution in [-0.2, 0) is 17.8 Å². The Bertz CT molecular complexity index is 506. The first-order valence-corrected chi connectivity index (χ1v) is 8.12. The quantitative estimate of drug-likeness (QED) is 0.903. The SMILES string of the molecule is CCCN1Cc2nnc(CC3CCNCC3)n2[C@@H](C)C1=O. The van der Waals surface area contributed by atoms with Gasteiger partial charge < -0.3 is 14.8 Å². The molecule has 1 atom stereocenters. The normalized spacial score (nSPS) is 23.4. The number of carbonyl (C=O) groups excluding carboxylic acids is 1. The summed E-state index contributed by atoms with van der Waals surface area (Å²) in [6.45, 7) is 7.66. The Hall–Kier alpha value is -1.43. The summed E-state index contributed by atoms with van der Waals surface area (Å²) in [5.74, 6) is 2.81. The number of rotatable bonds is 4. The highest BCUT2D eigenvalue weighted by Crippen LogP contribution is 2.25. The van der Waals surface area contributed by atoms with Gasteiger partial charge in [-0.1, -0.05) is 6.92 Å². The first-order valence-electron chi connectivity index (χ1n) is 8.12. The van der Waals surface area contributed by atoms with Gasteiger partial charge in [-0.25, -0.2) is 0 Å². The number of nitrogens with one attached hydrogen (secondary N) is 1. The molecule has 3 heterocycles. The average Bonchev–Trinajstić information content (AvgIpc) is 2.89. The predicted octanol–water partition coefficient (Wildman–Crippen LogP) is 1.13. The molecule has 0 aromatic carbocycles. The molecule has 1 aromatic rings. The maximum atomic E-state index is 12.5. The molecule has 0 saturated carbocycles. The van der Waals surface area contributed by atoms with E-state index in [4.69, 9.17) is 0 Å². The van der Waals surface area contributed by atoms with E-state index in [2.05, 4.69) is 27.0 Å². The predicted molar refractivity (Wildman–Crippen MR) is 79.7 cm³/mol. The van der Waals surface area contributed by atoms with Crippen molar-refractivity contribution in [3.05, 3.63) is 11.6 Å². The summed E-state index contributed by atoms with van der Waals surface area (Å²) >= 11 is 0. The molecule has 1 N–H and O–H groups in total. The Morgan fingerprint density at radius 3 is 2.76 bits per heavy atom. The van der Waals surface area contributed by atoms with Crippen molar-refractivity contribution in [3.8, 4) is 0 Å². The molecule has 21 heavy (non-hydrogen) atoms. The van der Waals surface area contributed by atoms with E-state index in [1.807, 2.05) is 11.8 Å². The fraction of sp³-hybridized carbons (Fsp3) is 0.800. The van der Waals surface area contributed by atoms with Gasteiger partial charge in [0.25, 0.3) is 0 Å². The number of nitrogens with zero attached hydrogens (tertiary/aromatic N) is 4. The maximum absolute atomic E-state index is 12.5. The van der Waals surface area contributed by atoms with Crippen LogP contribution in [0.15, 0.2) is 0 Å². The third-order valence-electron chi connectivity index (χ3n) is 4.65. The van der Waals surface area contributed by atoms with Crippen LogP contribution in [0.1, 0.15) is 50.8 Å². The highest BCUT2D eigenvalue weighted by atomic mass is 16.2. The number of carbonyl (C=O) groups is 1. The van der Waals surface area contributed by atoms with E-state index in [9.17, 15) is 4.79 Å². The van der Waals surface area contributed by atoms with Crippen LogP contribution < -0.4 is 5.32 Å².